The summed E-state index contributed by atoms with van der Waals surface area (Å²) >= 11 is 0. The molecule has 4 unspecified atom stereocenters. The van der Waals surface area contributed by atoms with E-state index in [2.05, 4.69) is 160 Å². The molecule has 0 saturated heterocycles. The zero-order chi connectivity index (χ0) is 31.3. The molecule has 6 heteroatoms. The van der Waals surface area contributed by atoms with Crippen molar-refractivity contribution >= 4 is 51.0 Å². The van der Waals surface area contributed by atoms with Gasteiger partial charge in [-0.1, -0.05) is 98.4 Å². The van der Waals surface area contributed by atoms with Crippen LogP contribution >= 0.6 is 0 Å². The zero-order valence-electron chi connectivity index (χ0n) is 26.0. The Kier molecular flexibility index (Phi) is 5.36. The van der Waals surface area contributed by atoms with Crippen molar-refractivity contribution in [1.82, 2.24) is 9.97 Å². The van der Waals surface area contributed by atoms with Gasteiger partial charge in [0.05, 0.1) is 22.6 Å². The number of para-hydroxylation sites is 6. The third kappa shape index (κ3) is 3.44. The first-order valence-electron chi connectivity index (χ1n) is 16.2. The maximum Gasteiger partial charge on any atom is 0.179 e. The van der Waals surface area contributed by atoms with Gasteiger partial charge in [-0.2, -0.15) is 0 Å². The van der Waals surface area contributed by atoms with Gasteiger partial charge in [0.15, 0.2) is 11.6 Å². The Bertz CT molecular complexity index is 2250. The minimum atomic E-state index is -0.471. The van der Waals surface area contributed by atoms with Crippen molar-refractivity contribution in [3.63, 3.8) is 0 Å². The first-order valence-corrected chi connectivity index (χ1v) is 16.2. The van der Waals surface area contributed by atoms with Crippen molar-refractivity contribution in [2.24, 2.45) is 5.92 Å². The zero-order valence-corrected chi connectivity index (χ0v) is 26.0. The number of nitrogens with zero attached hydrogens (tertiary/aromatic N) is 6. The topological polar surface area (TPSA) is 38.7 Å². The van der Waals surface area contributed by atoms with Crippen LogP contribution in [0.15, 0.2) is 152 Å². The van der Waals surface area contributed by atoms with E-state index in [1.54, 1.807) is 0 Å². The number of aromatic nitrogens is 2. The van der Waals surface area contributed by atoms with Gasteiger partial charge >= 0.3 is 0 Å². The second-order valence-electron chi connectivity index (χ2n) is 13.0. The Labute approximate surface area is 274 Å². The van der Waals surface area contributed by atoms with Crippen LogP contribution in [0.25, 0.3) is 16.6 Å². The highest BCUT2D eigenvalue weighted by Gasteiger charge is 2.63. The smallest absolute Gasteiger partial charge is 0.179 e. The van der Waals surface area contributed by atoms with Gasteiger partial charge < -0.3 is 19.6 Å². The summed E-state index contributed by atoms with van der Waals surface area (Å²) in [6, 6.07) is 47.3. The molecule has 4 aliphatic heterocycles. The van der Waals surface area contributed by atoms with Crippen LogP contribution in [0.3, 0.4) is 0 Å². The number of allylic oxidation sites excluding steroid dienone is 1. The van der Waals surface area contributed by atoms with E-state index in [1.807, 2.05) is 12.1 Å². The highest BCUT2D eigenvalue weighted by molar-refractivity contribution is 5.95. The van der Waals surface area contributed by atoms with Crippen LogP contribution in [0.2, 0.25) is 0 Å². The van der Waals surface area contributed by atoms with Gasteiger partial charge in [-0.05, 0) is 59.7 Å². The van der Waals surface area contributed by atoms with Crippen LogP contribution in [-0.4, -0.2) is 22.3 Å². The largest absolute Gasteiger partial charge is 0.325 e. The monoisotopic (exact) mass is 608 g/mol. The maximum atomic E-state index is 5.38. The Morgan fingerprint density at radius 1 is 0.553 bits per heavy atom. The molecule has 6 aromatic rings. The minimum Gasteiger partial charge on any atom is -0.325 e. The standard InChI is InChI=1S/C41H32N6/c1-27-30-19-9-13-23-34(30)45-26-25-44(28-15-5-3-6-16-28)39(45)36-40-46(29-17-7-4-8-18-29)37-38(43-33-22-12-11-21-32(33)42-37)47(40)35-24-14-10-20-31(35)41(27,36)2/h3-26,36,39-40H,1H2,2H3. The maximum absolute atomic E-state index is 5.38. The molecule has 0 aliphatic carbocycles. The van der Waals surface area contributed by atoms with Crippen molar-refractivity contribution < 1.29 is 0 Å². The lowest BCUT2D eigenvalue weighted by Gasteiger charge is -2.55. The van der Waals surface area contributed by atoms with Crippen molar-refractivity contribution in [2.45, 2.75) is 24.7 Å². The molecule has 0 radical (unpaired) electrons. The Balaban J connectivity index is 1.32. The number of benzene rings is 5. The van der Waals surface area contributed by atoms with E-state index < -0.39 is 5.41 Å². The van der Waals surface area contributed by atoms with Gasteiger partial charge in [-0.3, -0.25) is 0 Å². The number of fused-ring (bicyclic) bond motifs is 13. The van der Waals surface area contributed by atoms with Gasteiger partial charge in [-0.25, -0.2) is 9.97 Å². The SMILES string of the molecule is C=C1c2ccccc2N2C=CN(c3ccccc3)C2C2C3N(c4ccccc4)c4nc5ccccc5nc4N3c3ccccc3C12C. The number of rotatable bonds is 2. The van der Waals surface area contributed by atoms with Crippen LogP contribution < -0.4 is 19.6 Å². The predicted molar refractivity (Wildman–Crippen MR) is 191 cm³/mol. The fourth-order valence-electron chi connectivity index (χ4n) is 8.62. The molecule has 0 saturated carbocycles. The summed E-state index contributed by atoms with van der Waals surface area (Å²) in [7, 11) is 0. The number of anilines is 6. The van der Waals surface area contributed by atoms with Crippen molar-refractivity contribution in [1.29, 1.82) is 0 Å². The minimum absolute atomic E-state index is 0.0353. The molecule has 47 heavy (non-hydrogen) atoms. The summed E-state index contributed by atoms with van der Waals surface area (Å²) in [6.07, 6.45) is 4.24. The molecule has 0 fully saturated rings. The number of hydrogen-bond acceptors (Lipinski definition) is 6. The summed E-state index contributed by atoms with van der Waals surface area (Å²) in [6.45, 7) is 7.38. The molecule has 0 bridgehead atoms. The van der Waals surface area contributed by atoms with E-state index >= 15 is 0 Å². The summed E-state index contributed by atoms with van der Waals surface area (Å²) < 4.78 is 0. The van der Waals surface area contributed by atoms with Crippen molar-refractivity contribution in [3.8, 4) is 0 Å². The highest BCUT2D eigenvalue weighted by atomic mass is 15.5. The summed E-state index contributed by atoms with van der Waals surface area (Å²) in [4.78, 5) is 20.6. The van der Waals surface area contributed by atoms with Crippen molar-refractivity contribution in [3.05, 3.63) is 164 Å². The predicted octanol–water partition coefficient (Wildman–Crippen LogP) is 8.98. The molecular weight excluding hydrogens is 576 g/mol. The average Bonchev–Trinajstić information content (AvgIpc) is 3.68. The fourth-order valence-corrected chi connectivity index (χ4v) is 8.62. The first kappa shape index (κ1) is 26.3. The quantitative estimate of drug-likeness (QED) is 0.195. The molecule has 4 atom stereocenters. The van der Waals surface area contributed by atoms with E-state index in [0.717, 1.165) is 45.3 Å². The van der Waals surface area contributed by atoms with Gasteiger partial charge in [0, 0.05) is 40.4 Å². The number of hydrogen-bond donors (Lipinski definition) is 0. The lowest BCUT2D eigenvalue weighted by molar-refractivity contribution is 0.254. The molecular formula is C41H32N6. The Hall–Kier alpha value is -5.88. The molecule has 0 spiro atoms. The van der Waals surface area contributed by atoms with E-state index in [9.17, 15) is 0 Å². The molecule has 226 valence electrons. The second kappa shape index (κ2) is 9.56. The normalized spacial score (nSPS) is 23.5. The van der Waals surface area contributed by atoms with Crippen LogP contribution in [0.1, 0.15) is 18.1 Å². The van der Waals surface area contributed by atoms with E-state index in [1.165, 1.54) is 16.8 Å². The third-order valence-electron chi connectivity index (χ3n) is 10.7. The van der Waals surface area contributed by atoms with Crippen LogP contribution in [-0.2, 0) is 5.41 Å². The average molecular weight is 609 g/mol. The van der Waals surface area contributed by atoms with Crippen LogP contribution in [0, 0.1) is 5.92 Å². The molecule has 5 heterocycles. The summed E-state index contributed by atoms with van der Waals surface area (Å²) in [5.41, 5.74) is 9.39. The van der Waals surface area contributed by atoms with E-state index in [-0.39, 0.29) is 18.2 Å². The molecule has 6 nitrogen and oxygen atoms in total. The second-order valence-corrected chi connectivity index (χ2v) is 13.0. The summed E-state index contributed by atoms with van der Waals surface area (Å²) in [5, 5.41) is 0. The van der Waals surface area contributed by atoms with E-state index in [4.69, 9.17) is 16.5 Å². The summed E-state index contributed by atoms with van der Waals surface area (Å²) in [5.74, 6) is 1.71. The lowest BCUT2D eigenvalue weighted by Crippen LogP contribution is -2.64. The highest BCUT2D eigenvalue weighted by Crippen LogP contribution is 2.64. The molecule has 0 amide bonds. The Morgan fingerprint density at radius 3 is 1.83 bits per heavy atom. The van der Waals surface area contributed by atoms with Crippen LogP contribution in [0.4, 0.5) is 34.4 Å². The van der Waals surface area contributed by atoms with Crippen LogP contribution in [0.5, 0.6) is 0 Å². The molecule has 1 aromatic heterocycles. The van der Waals surface area contributed by atoms with Crippen molar-refractivity contribution in [2.75, 3.05) is 19.6 Å². The van der Waals surface area contributed by atoms with Gasteiger partial charge in [0.1, 0.15) is 12.3 Å². The Morgan fingerprint density at radius 2 is 1.11 bits per heavy atom. The molecule has 4 aliphatic rings. The van der Waals surface area contributed by atoms with E-state index in [0.29, 0.717) is 0 Å². The first-order chi connectivity index (χ1) is 23.1. The molecule has 10 rings (SSSR count). The van der Waals surface area contributed by atoms with Gasteiger partial charge in [-0.15, -0.1) is 0 Å². The van der Waals surface area contributed by atoms with Gasteiger partial charge in [0.25, 0.3) is 0 Å². The fraction of sp³-hybridized carbons (Fsp3) is 0.122. The lowest BCUT2D eigenvalue weighted by atomic mass is 9.61. The molecule has 0 N–H and O–H groups in total. The van der Waals surface area contributed by atoms with Gasteiger partial charge in [0.2, 0.25) is 0 Å². The third-order valence-corrected chi connectivity index (χ3v) is 10.7. The molecule has 5 aromatic carbocycles.